The SMILES string of the molecule is CC(C)(C)OC(=O)Oc1ccc2c(C[C@H](NC(=O)OCC3c4ccccc4-c4ccccc43)C(=O)O)cn(C(=O)OC(C)(C)C)c2c1. The molecule has 5 rings (SSSR count). The van der Waals surface area contributed by atoms with Gasteiger partial charge < -0.3 is 29.4 Å². The Morgan fingerprint density at radius 3 is 2.02 bits per heavy atom. The van der Waals surface area contributed by atoms with Crippen LogP contribution < -0.4 is 10.1 Å². The van der Waals surface area contributed by atoms with E-state index in [-0.39, 0.29) is 24.7 Å². The number of alkyl carbamates (subject to hydrolysis) is 1. The predicted octanol–water partition coefficient (Wildman–Crippen LogP) is 7.27. The number of carbonyl (C=O) groups is 4. The molecule has 0 spiro atoms. The molecule has 11 heteroatoms. The van der Waals surface area contributed by atoms with Crippen molar-refractivity contribution in [2.45, 2.75) is 71.1 Å². The maximum Gasteiger partial charge on any atom is 0.514 e. The van der Waals surface area contributed by atoms with E-state index >= 15 is 0 Å². The van der Waals surface area contributed by atoms with Gasteiger partial charge >= 0.3 is 24.3 Å². The zero-order valence-electron chi connectivity index (χ0n) is 27.2. The van der Waals surface area contributed by atoms with E-state index in [9.17, 15) is 24.3 Å². The van der Waals surface area contributed by atoms with Crippen LogP contribution in [0.1, 0.15) is 64.2 Å². The molecular weight excluding hydrogens is 604 g/mol. The highest BCUT2D eigenvalue weighted by molar-refractivity contribution is 5.94. The van der Waals surface area contributed by atoms with Gasteiger partial charge in [0.1, 0.15) is 29.6 Å². The number of carboxylic acid groups (broad SMARTS) is 1. The van der Waals surface area contributed by atoms with E-state index in [2.05, 4.69) is 5.32 Å². The van der Waals surface area contributed by atoms with Gasteiger partial charge in [-0.2, -0.15) is 0 Å². The minimum atomic E-state index is -1.39. The second-order valence-corrected chi connectivity index (χ2v) is 13.3. The van der Waals surface area contributed by atoms with E-state index in [4.69, 9.17) is 18.9 Å². The summed E-state index contributed by atoms with van der Waals surface area (Å²) >= 11 is 0. The van der Waals surface area contributed by atoms with Crippen molar-refractivity contribution in [1.29, 1.82) is 0 Å². The van der Waals surface area contributed by atoms with Crippen molar-refractivity contribution in [3.63, 3.8) is 0 Å². The number of rotatable bonds is 7. The molecule has 0 saturated heterocycles. The average Bonchev–Trinajstić information content (AvgIpc) is 3.49. The van der Waals surface area contributed by atoms with E-state index in [1.807, 2.05) is 48.5 Å². The fourth-order valence-corrected chi connectivity index (χ4v) is 5.53. The monoisotopic (exact) mass is 642 g/mol. The highest BCUT2D eigenvalue weighted by Crippen LogP contribution is 2.44. The number of fused-ring (bicyclic) bond motifs is 4. The molecule has 0 radical (unpaired) electrons. The first kappa shape index (κ1) is 33.1. The first-order chi connectivity index (χ1) is 22.1. The van der Waals surface area contributed by atoms with Crippen LogP contribution in [0, 0.1) is 0 Å². The third-order valence-electron chi connectivity index (χ3n) is 7.40. The van der Waals surface area contributed by atoms with Gasteiger partial charge in [-0.05, 0) is 81.5 Å². The van der Waals surface area contributed by atoms with Crippen LogP contribution in [-0.4, -0.2) is 57.8 Å². The van der Waals surface area contributed by atoms with Crippen molar-refractivity contribution in [2.24, 2.45) is 0 Å². The zero-order valence-corrected chi connectivity index (χ0v) is 27.2. The molecule has 1 atom stereocenters. The predicted molar refractivity (Wildman–Crippen MR) is 174 cm³/mol. The topological polar surface area (TPSA) is 142 Å². The number of ether oxygens (including phenoxy) is 4. The summed E-state index contributed by atoms with van der Waals surface area (Å²) in [6.45, 7) is 10.3. The van der Waals surface area contributed by atoms with Crippen molar-refractivity contribution in [2.75, 3.05) is 6.61 Å². The third kappa shape index (κ3) is 7.74. The standard InChI is InChI=1S/C36H38N2O9/c1-35(2,3)46-33(42)38-19-21(23-16-15-22(18-30(23)38)45-34(43)47-36(4,5)6)17-29(31(39)40)37-32(41)44-20-28-26-13-9-7-11-24(26)25-12-8-10-14-27(25)28/h7-16,18-19,28-29H,17,20H2,1-6H3,(H,37,41)(H,39,40)/t29-/m0/s1. The van der Waals surface area contributed by atoms with Gasteiger partial charge in [0.25, 0.3) is 0 Å². The molecular formula is C36H38N2O9. The molecule has 0 saturated carbocycles. The Morgan fingerprint density at radius 2 is 1.45 bits per heavy atom. The highest BCUT2D eigenvalue weighted by Gasteiger charge is 2.31. The number of hydrogen-bond donors (Lipinski definition) is 2. The molecule has 1 amide bonds. The lowest BCUT2D eigenvalue weighted by molar-refractivity contribution is -0.139. The zero-order chi connectivity index (χ0) is 34.1. The molecule has 246 valence electrons. The Balaban J connectivity index is 1.36. The van der Waals surface area contributed by atoms with Crippen LogP contribution in [0.25, 0.3) is 22.0 Å². The van der Waals surface area contributed by atoms with Crippen LogP contribution >= 0.6 is 0 Å². The number of hydrogen-bond acceptors (Lipinski definition) is 8. The first-order valence-electron chi connectivity index (χ1n) is 15.2. The molecule has 1 aliphatic carbocycles. The summed E-state index contributed by atoms with van der Waals surface area (Å²) in [5.74, 6) is -1.38. The van der Waals surface area contributed by atoms with Crippen molar-refractivity contribution < 1.29 is 43.2 Å². The van der Waals surface area contributed by atoms with Crippen LogP contribution in [0.2, 0.25) is 0 Å². The second kappa shape index (κ2) is 12.8. The minimum absolute atomic E-state index is 0.0184. The van der Waals surface area contributed by atoms with E-state index in [0.717, 1.165) is 22.3 Å². The maximum absolute atomic E-state index is 13.2. The van der Waals surface area contributed by atoms with Crippen LogP contribution in [0.5, 0.6) is 5.75 Å². The van der Waals surface area contributed by atoms with Crippen LogP contribution in [0.3, 0.4) is 0 Å². The number of amides is 1. The van der Waals surface area contributed by atoms with Gasteiger partial charge in [-0.1, -0.05) is 48.5 Å². The minimum Gasteiger partial charge on any atom is -0.480 e. The maximum atomic E-state index is 13.2. The number of carboxylic acids is 1. The van der Waals surface area contributed by atoms with Crippen molar-refractivity contribution in [3.8, 4) is 16.9 Å². The molecule has 4 aromatic rings. The molecule has 3 aromatic carbocycles. The molecule has 0 bridgehead atoms. The van der Waals surface area contributed by atoms with Gasteiger partial charge in [0.15, 0.2) is 0 Å². The molecule has 1 aliphatic rings. The molecule has 0 aliphatic heterocycles. The molecule has 0 unspecified atom stereocenters. The highest BCUT2D eigenvalue weighted by atomic mass is 16.7. The lowest BCUT2D eigenvalue weighted by atomic mass is 9.98. The third-order valence-corrected chi connectivity index (χ3v) is 7.40. The lowest BCUT2D eigenvalue weighted by Gasteiger charge is -2.20. The summed E-state index contributed by atoms with van der Waals surface area (Å²) < 4.78 is 22.9. The largest absolute Gasteiger partial charge is 0.514 e. The van der Waals surface area contributed by atoms with E-state index in [1.54, 1.807) is 47.6 Å². The van der Waals surface area contributed by atoms with Gasteiger partial charge in [0, 0.05) is 30.0 Å². The number of aliphatic carboxylic acids is 1. The second-order valence-electron chi connectivity index (χ2n) is 13.3. The fourth-order valence-electron chi connectivity index (χ4n) is 5.53. The summed E-state index contributed by atoms with van der Waals surface area (Å²) in [7, 11) is 0. The number of nitrogens with zero attached hydrogens (tertiary/aromatic N) is 1. The number of benzene rings is 3. The Labute approximate surface area is 272 Å². The number of nitrogens with one attached hydrogen (secondary N) is 1. The van der Waals surface area contributed by atoms with Gasteiger partial charge in [-0.3, -0.25) is 4.57 Å². The molecule has 1 aromatic heterocycles. The van der Waals surface area contributed by atoms with E-state index < -0.39 is 41.6 Å². The van der Waals surface area contributed by atoms with Crippen molar-refractivity contribution in [3.05, 3.63) is 89.6 Å². The summed E-state index contributed by atoms with van der Waals surface area (Å²) in [6, 6.07) is 19.0. The first-order valence-corrected chi connectivity index (χ1v) is 15.2. The summed E-state index contributed by atoms with van der Waals surface area (Å²) in [5, 5.41) is 13.0. The quantitative estimate of drug-likeness (QED) is 0.121. The van der Waals surface area contributed by atoms with Gasteiger partial charge in [-0.25, -0.2) is 19.2 Å². The molecule has 0 fully saturated rings. The Bertz CT molecular complexity index is 1800. The molecule has 11 nitrogen and oxygen atoms in total. The Morgan fingerprint density at radius 1 is 0.851 bits per heavy atom. The average molecular weight is 643 g/mol. The fraction of sp³-hybridized carbons (Fsp3) is 0.333. The van der Waals surface area contributed by atoms with Gasteiger partial charge in [-0.15, -0.1) is 0 Å². The van der Waals surface area contributed by atoms with E-state index in [1.165, 1.54) is 22.9 Å². The van der Waals surface area contributed by atoms with Crippen molar-refractivity contribution in [1.82, 2.24) is 9.88 Å². The Hall–Kier alpha value is -5.32. The summed E-state index contributed by atoms with van der Waals surface area (Å²) in [4.78, 5) is 50.8. The van der Waals surface area contributed by atoms with Crippen molar-refractivity contribution >= 4 is 35.2 Å². The normalized spacial score (nSPS) is 13.3. The van der Waals surface area contributed by atoms with Gasteiger partial charge in [0.05, 0.1) is 5.52 Å². The molecule has 1 heterocycles. The number of aromatic nitrogens is 1. The summed E-state index contributed by atoms with van der Waals surface area (Å²) in [6.07, 6.45) is -1.27. The molecule has 2 N–H and O–H groups in total. The van der Waals surface area contributed by atoms with Gasteiger partial charge in [0.2, 0.25) is 0 Å². The van der Waals surface area contributed by atoms with Crippen LogP contribution in [0.15, 0.2) is 72.9 Å². The smallest absolute Gasteiger partial charge is 0.480 e. The van der Waals surface area contributed by atoms with Crippen LogP contribution in [-0.2, 0) is 25.4 Å². The number of carbonyl (C=O) groups excluding carboxylic acids is 3. The van der Waals surface area contributed by atoms with E-state index in [0.29, 0.717) is 16.5 Å². The van der Waals surface area contributed by atoms with Crippen LogP contribution in [0.4, 0.5) is 14.4 Å². The summed E-state index contributed by atoms with van der Waals surface area (Å²) in [5.41, 5.74) is 3.33. The molecule has 47 heavy (non-hydrogen) atoms. The lowest BCUT2D eigenvalue weighted by Crippen LogP contribution is -2.42. The Kier molecular flexibility index (Phi) is 9.02.